The third kappa shape index (κ3) is 2.81. The molecule has 0 aromatic heterocycles. The Hall–Kier alpha value is 0.137. The molecule has 10 heavy (non-hydrogen) atoms. The van der Waals surface area contributed by atoms with Crippen molar-refractivity contribution in [2.75, 3.05) is 6.61 Å². The Morgan fingerprint density at radius 1 is 1.60 bits per heavy atom. The molecule has 0 radical (unpaired) electrons. The first-order chi connectivity index (χ1) is 4.30. The molecule has 0 spiro atoms. The quantitative estimate of drug-likeness (QED) is 0.328. The van der Waals surface area contributed by atoms with E-state index in [9.17, 15) is 0 Å². The van der Waals surface area contributed by atoms with Crippen molar-refractivity contribution < 1.29 is 23.6 Å². The zero-order valence-electron chi connectivity index (χ0n) is 7.05. The molecule has 1 aliphatic rings. The van der Waals surface area contributed by atoms with Crippen molar-refractivity contribution in [3.05, 3.63) is 12.3 Å². The fourth-order valence-corrected chi connectivity index (χ4v) is 0.946. The molecule has 52 valence electrons. The molecule has 1 aliphatic heterocycles. The summed E-state index contributed by atoms with van der Waals surface area (Å²) in [5.74, 6) is 1.45. The predicted octanol–water partition coefficient (Wildman–Crippen LogP) is -1.00. The first-order valence-electron chi connectivity index (χ1n) is 3.49. The molecule has 1 nitrogen and oxygen atoms in total. The van der Waals surface area contributed by atoms with Gasteiger partial charge in [-0.3, -0.25) is 0 Å². The van der Waals surface area contributed by atoms with Crippen molar-refractivity contribution in [1.82, 2.24) is 0 Å². The monoisotopic (exact) mass is 132 g/mol. The van der Waals surface area contributed by atoms with E-state index >= 15 is 0 Å². The standard InChI is InChI=1S/C8H13O.Li/c1-7(2)8-4-3-5-9-6-8;/h3,7-8H,4,6H2,1-2H3;/q-1;+1/t8-;/m1./s1. The van der Waals surface area contributed by atoms with Gasteiger partial charge in [0.05, 0.1) is 0 Å². The summed E-state index contributed by atoms with van der Waals surface area (Å²) in [6, 6.07) is 0. The molecule has 0 unspecified atom stereocenters. The van der Waals surface area contributed by atoms with E-state index in [0.717, 1.165) is 18.9 Å². The Labute approximate surface area is 75.0 Å². The average Bonchev–Trinajstić information content (AvgIpc) is 1.90. The largest absolute Gasteiger partial charge is 1.00 e. The molecule has 0 aromatic rings. The van der Waals surface area contributed by atoms with Gasteiger partial charge in [0, 0.05) is 6.61 Å². The van der Waals surface area contributed by atoms with Gasteiger partial charge in [-0.05, 0) is 11.8 Å². The maximum Gasteiger partial charge on any atom is 1.00 e. The molecule has 0 N–H and O–H groups in total. The molecule has 0 fully saturated rings. The van der Waals surface area contributed by atoms with E-state index in [0.29, 0.717) is 5.92 Å². The fourth-order valence-electron chi connectivity index (χ4n) is 0.946. The fraction of sp³-hybridized carbons (Fsp3) is 0.750. The van der Waals surface area contributed by atoms with Gasteiger partial charge in [0.2, 0.25) is 0 Å². The summed E-state index contributed by atoms with van der Waals surface area (Å²) in [7, 11) is 0. The number of rotatable bonds is 1. The van der Waals surface area contributed by atoms with Crippen molar-refractivity contribution in [1.29, 1.82) is 0 Å². The van der Waals surface area contributed by atoms with E-state index in [1.54, 1.807) is 0 Å². The van der Waals surface area contributed by atoms with Crippen LogP contribution in [0.15, 0.2) is 6.08 Å². The van der Waals surface area contributed by atoms with Crippen LogP contribution in [0.3, 0.4) is 0 Å². The minimum Gasteiger partial charge on any atom is -0.693 e. The van der Waals surface area contributed by atoms with Gasteiger partial charge >= 0.3 is 18.9 Å². The van der Waals surface area contributed by atoms with Crippen LogP contribution in [-0.2, 0) is 4.74 Å². The van der Waals surface area contributed by atoms with Gasteiger partial charge in [-0.25, -0.2) is 6.08 Å². The molecule has 2 heteroatoms. The second-order valence-corrected chi connectivity index (χ2v) is 2.87. The van der Waals surface area contributed by atoms with Gasteiger partial charge in [-0.1, -0.05) is 20.3 Å². The number of ether oxygens (including phenoxy) is 1. The zero-order valence-corrected chi connectivity index (χ0v) is 7.05. The summed E-state index contributed by atoms with van der Waals surface area (Å²) in [5.41, 5.74) is 0. The molecule has 0 saturated heterocycles. The smallest absolute Gasteiger partial charge is 0.693 e. The van der Waals surface area contributed by atoms with Crippen molar-refractivity contribution in [3.63, 3.8) is 0 Å². The van der Waals surface area contributed by atoms with E-state index in [1.165, 1.54) is 0 Å². The summed E-state index contributed by atoms with van der Waals surface area (Å²) in [5, 5.41) is 0. The summed E-state index contributed by atoms with van der Waals surface area (Å²) in [6.45, 7) is 5.31. The van der Waals surface area contributed by atoms with E-state index in [4.69, 9.17) is 4.74 Å². The van der Waals surface area contributed by atoms with Crippen molar-refractivity contribution >= 4 is 0 Å². The van der Waals surface area contributed by atoms with Crippen LogP contribution in [0.4, 0.5) is 0 Å². The predicted molar refractivity (Wildman–Crippen MR) is 36.7 cm³/mol. The topological polar surface area (TPSA) is 9.23 Å². The summed E-state index contributed by atoms with van der Waals surface area (Å²) in [6.07, 6.45) is 5.86. The molecule has 0 bridgehead atoms. The van der Waals surface area contributed by atoms with Crippen LogP contribution in [0.2, 0.25) is 0 Å². The zero-order chi connectivity index (χ0) is 6.69. The second-order valence-electron chi connectivity index (χ2n) is 2.87. The average molecular weight is 132 g/mol. The van der Waals surface area contributed by atoms with E-state index < -0.39 is 0 Å². The normalized spacial score (nSPS) is 23.7. The second kappa shape index (κ2) is 4.88. The molecule has 0 aromatic carbocycles. The van der Waals surface area contributed by atoms with Gasteiger partial charge in [0.1, 0.15) is 0 Å². The molecule has 0 aliphatic carbocycles. The van der Waals surface area contributed by atoms with Crippen LogP contribution in [0.25, 0.3) is 0 Å². The minimum atomic E-state index is 0. The molecular weight excluding hydrogens is 119 g/mol. The third-order valence-corrected chi connectivity index (χ3v) is 1.83. The molecule has 0 saturated carbocycles. The Kier molecular flexibility index (Phi) is 4.94. The minimum absolute atomic E-state index is 0. The van der Waals surface area contributed by atoms with E-state index in [2.05, 4.69) is 20.1 Å². The van der Waals surface area contributed by atoms with Gasteiger partial charge in [0.25, 0.3) is 0 Å². The maximum absolute atomic E-state index is 5.04. The van der Waals surface area contributed by atoms with Crippen LogP contribution in [-0.4, -0.2) is 6.61 Å². The summed E-state index contributed by atoms with van der Waals surface area (Å²) in [4.78, 5) is 0. The molecular formula is C8H13LiO. The maximum atomic E-state index is 5.04. The Morgan fingerprint density at radius 2 is 2.30 bits per heavy atom. The van der Waals surface area contributed by atoms with Crippen molar-refractivity contribution in [2.45, 2.75) is 20.3 Å². The summed E-state index contributed by atoms with van der Waals surface area (Å²) >= 11 is 0. The SMILES string of the molecule is CC(C)[C@@H]1CC=[C-]OC1.[Li+]. The van der Waals surface area contributed by atoms with Crippen LogP contribution < -0.4 is 18.9 Å². The first kappa shape index (κ1) is 10.1. The van der Waals surface area contributed by atoms with Gasteiger partial charge in [0.15, 0.2) is 0 Å². The van der Waals surface area contributed by atoms with Gasteiger partial charge in [-0.2, -0.15) is 0 Å². The number of hydrogen-bond donors (Lipinski definition) is 0. The molecule has 1 atom stereocenters. The van der Waals surface area contributed by atoms with E-state index in [1.807, 2.05) is 6.08 Å². The Bertz CT molecular complexity index is 110. The molecule has 0 amide bonds. The molecule has 1 heterocycles. The number of allylic oxidation sites excluding steroid dienone is 1. The van der Waals surface area contributed by atoms with Crippen LogP contribution >= 0.6 is 0 Å². The van der Waals surface area contributed by atoms with Gasteiger partial charge < -0.3 is 11.0 Å². The van der Waals surface area contributed by atoms with E-state index in [-0.39, 0.29) is 18.9 Å². The Morgan fingerprint density at radius 3 is 2.60 bits per heavy atom. The van der Waals surface area contributed by atoms with Crippen molar-refractivity contribution in [2.24, 2.45) is 11.8 Å². The number of hydrogen-bond acceptors (Lipinski definition) is 1. The Balaban J connectivity index is 0.000000810. The van der Waals surface area contributed by atoms with Crippen LogP contribution in [0.1, 0.15) is 20.3 Å². The van der Waals surface area contributed by atoms with Gasteiger partial charge in [-0.15, -0.1) is 0 Å². The first-order valence-corrected chi connectivity index (χ1v) is 3.49. The third-order valence-electron chi connectivity index (χ3n) is 1.83. The van der Waals surface area contributed by atoms with Crippen LogP contribution in [0, 0.1) is 18.1 Å². The summed E-state index contributed by atoms with van der Waals surface area (Å²) < 4.78 is 5.04. The molecule has 1 rings (SSSR count). The van der Waals surface area contributed by atoms with Crippen molar-refractivity contribution in [3.8, 4) is 0 Å². The van der Waals surface area contributed by atoms with Crippen LogP contribution in [0.5, 0.6) is 0 Å².